The summed E-state index contributed by atoms with van der Waals surface area (Å²) in [4.78, 5) is 11.8. The fraction of sp³-hybridized carbons (Fsp3) is 0.500. The molecule has 0 heterocycles. The van der Waals surface area contributed by atoms with Crippen molar-refractivity contribution in [3.05, 3.63) is 29.8 Å². The molecule has 0 fully saturated rings. The van der Waals surface area contributed by atoms with Gasteiger partial charge in [-0.15, -0.1) is 0 Å². The lowest BCUT2D eigenvalue weighted by atomic mass is 10.2. The van der Waals surface area contributed by atoms with E-state index in [0.717, 1.165) is 22.8 Å². The Labute approximate surface area is 114 Å². The Hall–Kier alpha value is -1.00. The Morgan fingerprint density at radius 3 is 2.78 bits per heavy atom. The number of hydrogen-bond donors (Lipinski definition) is 2. The molecule has 2 N–H and O–H groups in total. The van der Waals surface area contributed by atoms with Gasteiger partial charge in [-0.3, -0.25) is 4.79 Å². The van der Waals surface area contributed by atoms with E-state index in [9.17, 15) is 4.79 Å². The average Bonchev–Trinajstić information content (AvgIpc) is 2.36. The Balaban J connectivity index is 2.32. The minimum absolute atomic E-state index is 0.0117. The Morgan fingerprint density at radius 1 is 1.39 bits per heavy atom. The molecule has 0 spiro atoms. The highest BCUT2D eigenvalue weighted by Crippen LogP contribution is 2.12. The number of carbonyl (C=O) groups is 1. The van der Waals surface area contributed by atoms with Crippen LogP contribution >= 0.6 is 11.8 Å². The van der Waals surface area contributed by atoms with Gasteiger partial charge >= 0.3 is 0 Å². The van der Waals surface area contributed by atoms with Gasteiger partial charge in [-0.25, -0.2) is 0 Å². The van der Waals surface area contributed by atoms with E-state index in [-0.39, 0.29) is 5.91 Å². The largest absolute Gasteiger partial charge is 0.325 e. The highest BCUT2D eigenvalue weighted by atomic mass is 32.2. The quantitative estimate of drug-likeness (QED) is 0.797. The van der Waals surface area contributed by atoms with Crippen LogP contribution in [0.4, 0.5) is 5.69 Å². The summed E-state index contributed by atoms with van der Waals surface area (Å²) in [7, 11) is 0. The summed E-state index contributed by atoms with van der Waals surface area (Å²) in [5, 5.41) is 6.14. The van der Waals surface area contributed by atoms with Gasteiger partial charge in [0.15, 0.2) is 0 Å². The van der Waals surface area contributed by atoms with Crippen molar-refractivity contribution in [2.45, 2.75) is 26.8 Å². The molecule has 0 bridgehead atoms. The van der Waals surface area contributed by atoms with Crippen LogP contribution in [0.5, 0.6) is 0 Å². The van der Waals surface area contributed by atoms with E-state index in [0.29, 0.717) is 12.6 Å². The Kier molecular flexibility index (Phi) is 6.83. The third-order valence-corrected chi connectivity index (χ3v) is 3.75. The van der Waals surface area contributed by atoms with Crippen LogP contribution in [0.15, 0.2) is 24.3 Å². The SMILES string of the molecule is CCSCC(C)NCC(=O)Nc1ccccc1C. The number of carbonyl (C=O) groups excluding carboxylic acids is 1. The van der Waals surface area contributed by atoms with Crippen LogP contribution < -0.4 is 10.6 Å². The number of benzene rings is 1. The molecule has 1 aromatic carbocycles. The van der Waals surface area contributed by atoms with Gasteiger partial charge in [-0.1, -0.05) is 25.1 Å². The monoisotopic (exact) mass is 266 g/mol. The summed E-state index contributed by atoms with van der Waals surface area (Å²) in [5.41, 5.74) is 1.97. The minimum atomic E-state index is 0.0117. The van der Waals surface area contributed by atoms with Crippen molar-refractivity contribution in [3.8, 4) is 0 Å². The second kappa shape index (κ2) is 8.16. The first-order chi connectivity index (χ1) is 8.63. The van der Waals surface area contributed by atoms with Crippen LogP contribution in [-0.2, 0) is 4.79 Å². The molecule has 1 aromatic rings. The smallest absolute Gasteiger partial charge is 0.238 e. The average molecular weight is 266 g/mol. The van der Waals surface area contributed by atoms with Gasteiger partial charge < -0.3 is 10.6 Å². The van der Waals surface area contributed by atoms with Crippen molar-refractivity contribution in [1.29, 1.82) is 0 Å². The molecule has 0 saturated carbocycles. The van der Waals surface area contributed by atoms with Gasteiger partial charge in [0.1, 0.15) is 0 Å². The lowest BCUT2D eigenvalue weighted by Crippen LogP contribution is -2.35. The molecular formula is C14H22N2OS. The highest BCUT2D eigenvalue weighted by molar-refractivity contribution is 7.99. The van der Waals surface area contributed by atoms with Crippen LogP contribution in [-0.4, -0.2) is 30.0 Å². The van der Waals surface area contributed by atoms with Crippen LogP contribution in [0.25, 0.3) is 0 Å². The molecular weight excluding hydrogens is 244 g/mol. The first kappa shape index (κ1) is 15.1. The van der Waals surface area contributed by atoms with E-state index >= 15 is 0 Å². The molecule has 0 aliphatic heterocycles. The Bertz CT molecular complexity index is 382. The summed E-state index contributed by atoms with van der Waals surface area (Å²) in [6, 6.07) is 8.16. The lowest BCUT2D eigenvalue weighted by Gasteiger charge is -2.13. The molecule has 3 nitrogen and oxygen atoms in total. The second-order valence-electron chi connectivity index (χ2n) is 4.30. The van der Waals surface area contributed by atoms with Gasteiger partial charge in [-0.2, -0.15) is 11.8 Å². The van der Waals surface area contributed by atoms with Gasteiger partial charge in [0.05, 0.1) is 6.54 Å². The van der Waals surface area contributed by atoms with Crippen molar-refractivity contribution in [3.63, 3.8) is 0 Å². The maximum atomic E-state index is 11.8. The number of nitrogens with one attached hydrogen (secondary N) is 2. The normalized spacial score (nSPS) is 12.2. The number of aryl methyl sites for hydroxylation is 1. The fourth-order valence-corrected chi connectivity index (χ4v) is 2.24. The van der Waals surface area contributed by atoms with E-state index in [4.69, 9.17) is 0 Å². The molecule has 18 heavy (non-hydrogen) atoms. The topological polar surface area (TPSA) is 41.1 Å². The zero-order valence-electron chi connectivity index (χ0n) is 11.3. The van der Waals surface area contributed by atoms with Crippen molar-refractivity contribution < 1.29 is 4.79 Å². The number of anilines is 1. The summed E-state index contributed by atoms with van der Waals surface area (Å²) in [5.74, 6) is 2.16. The van der Waals surface area contributed by atoms with Gasteiger partial charge in [0.25, 0.3) is 0 Å². The standard InChI is InChI=1S/C14H22N2OS/c1-4-18-10-12(3)15-9-14(17)16-13-8-6-5-7-11(13)2/h5-8,12,15H,4,9-10H2,1-3H3,(H,16,17). The predicted octanol–water partition coefficient (Wildman–Crippen LogP) is 2.66. The van der Waals surface area contributed by atoms with Crippen molar-refractivity contribution in [2.75, 3.05) is 23.4 Å². The van der Waals surface area contributed by atoms with Gasteiger partial charge in [0, 0.05) is 17.5 Å². The molecule has 0 aliphatic rings. The number of para-hydroxylation sites is 1. The molecule has 100 valence electrons. The van der Waals surface area contributed by atoms with Gasteiger partial charge in [0.2, 0.25) is 5.91 Å². The first-order valence-electron chi connectivity index (χ1n) is 6.30. The van der Waals surface area contributed by atoms with E-state index in [1.807, 2.05) is 43.0 Å². The highest BCUT2D eigenvalue weighted by Gasteiger charge is 2.06. The second-order valence-corrected chi connectivity index (χ2v) is 5.62. The van der Waals surface area contributed by atoms with Crippen LogP contribution in [0, 0.1) is 6.92 Å². The minimum Gasteiger partial charge on any atom is -0.325 e. The molecule has 0 saturated heterocycles. The maximum Gasteiger partial charge on any atom is 0.238 e. The summed E-state index contributed by atoms with van der Waals surface area (Å²) in [6.07, 6.45) is 0. The molecule has 1 amide bonds. The van der Waals surface area contributed by atoms with Crippen molar-refractivity contribution in [1.82, 2.24) is 5.32 Å². The Morgan fingerprint density at radius 2 is 2.11 bits per heavy atom. The van der Waals surface area contributed by atoms with Crippen molar-refractivity contribution in [2.24, 2.45) is 0 Å². The molecule has 1 unspecified atom stereocenters. The fourth-order valence-electron chi connectivity index (χ4n) is 1.53. The third-order valence-electron chi connectivity index (χ3n) is 2.60. The van der Waals surface area contributed by atoms with E-state index in [1.54, 1.807) is 0 Å². The van der Waals surface area contributed by atoms with Crippen LogP contribution in [0.2, 0.25) is 0 Å². The number of thioether (sulfide) groups is 1. The molecule has 1 rings (SSSR count). The molecule has 0 aliphatic carbocycles. The number of rotatable bonds is 7. The van der Waals surface area contributed by atoms with Crippen molar-refractivity contribution >= 4 is 23.4 Å². The van der Waals surface area contributed by atoms with E-state index in [1.165, 1.54) is 0 Å². The lowest BCUT2D eigenvalue weighted by molar-refractivity contribution is -0.115. The molecule has 1 atom stereocenters. The summed E-state index contributed by atoms with van der Waals surface area (Å²) >= 11 is 1.88. The van der Waals surface area contributed by atoms with Crippen LogP contribution in [0.3, 0.4) is 0 Å². The third kappa shape index (κ3) is 5.56. The van der Waals surface area contributed by atoms with Gasteiger partial charge in [-0.05, 0) is 31.2 Å². The first-order valence-corrected chi connectivity index (χ1v) is 7.45. The predicted molar refractivity (Wildman–Crippen MR) is 80.3 cm³/mol. The zero-order valence-corrected chi connectivity index (χ0v) is 12.1. The van der Waals surface area contributed by atoms with E-state index < -0.39 is 0 Å². The zero-order chi connectivity index (χ0) is 13.4. The number of hydrogen-bond acceptors (Lipinski definition) is 3. The molecule has 0 radical (unpaired) electrons. The maximum absolute atomic E-state index is 11.8. The van der Waals surface area contributed by atoms with Crippen LogP contribution in [0.1, 0.15) is 19.4 Å². The molecule has 4 heteroatoms. The van der Waals surface area contributed by atoms with E-state index in [2.05, 4.69) is 24.5 Å². The summed E-state index contributed by atoms with van der Waals surface area (Å²) in [6.45, 7) is 6.59. The number of amides is 1. The molecule has 0 aromatic heterocycles. The summed E-state index contributed by atoms with van der Waals surface area (Å²) < 4.78 is 0.